The number of imide groups is 1. The maximum atomic E-state index is 12.2. The van der Waals surface area contributed by atoms with Gasteiger partial charge in [0.25, 0.3) is 11.8 Å². The molecule has 0 fully saturated rings. The van der Waals surface area contributed by atoms with Gasteiger partial charge in [-0.1, -0.05) is 6.92 Å². The number of aliphatic hydroxyl groups is 1. The zero-order chi connectivity index (χ0) is 17.9. The number of amides is 2. The number of ether oxygens (including phenoxy) is 1. The second-order valence-electron chi connectivity index (χ2n) is 4.97. The standard InChI is InChI=1S/C15H18N2O6S/c1-3-24(21,22)10-4-5-13(23-2)11(8-10)16-12-9-14(19)17(6-7-18)15(12)20/h4-5,8-9,16,18H,3,6-7H2,1-2H3. The van der Waals surface area contributed by atoms with Gasteiger partial charge in [-0.15, -0.1) is 0 Å². The van der Waals surface area contributed by atoms with Gasteiger partial charge in [-0.3, -0.25) is 14.5 Å². The highest BCUT2D eigenvalue weighted by Gasteiger charge is 2.31. The summed E-state index contributed by atoms with van der Waals surface area (Å²) < 4.78 is 29.2. The summed E-state index contributed by atoms with van der Waals surface area (Å²) in [4.78, 5) is 24.9. The van der Waals surface area contributed by atoms with Crippen molar-refractivity contribution in [2.45, 2.75) is 11.8 Å². The van der Waals surface area contributed by atoms with Gasteiger partial charge < -0.3 is 15.2 Å². The van der Waals surface area contributed by atoms with E-state index in [1.165, 1.54) is 32.2 Å². The van der Waals surface area contributed by atoms with Gasteiger partial charge in [0.2, 0.25) is 0 Å². The molecular formula is C15H18N2O6S. The number of benzene rings is 1. The van der Waals surface area contributed by atoms with Crippen LogP contribution in [0.5, 0.6) is 5.75 Å². The minimum atomic E-state index is -3.43. The van der Waals surface area contributed by atoms with Gasteiger partial charge >= 0.3 is 0 Å². The summed E-state index contributed by atoms with van der Waals surface area (Å²) in [6.45, 7) is 1.08. The maximum Gasteiger partial charge on any atom is 0.277 e. The lowest BCUT2D eigenvalue weighted by Gasteiger charge is -2.15. The molecule has 130 valence electrons. The molecule has 2 rings (SSSR count). The summed E-state index contributed by atoms with van der Waals surface area (Å²) in [5.41, 5.74) is 0.239. The Labute approximate surface area is 139 Å². The summed E-state index contributed by atoms with van der Waals surface area (Å²) in [6.07, 6.45) is 1.10. The van der Waals surface area contributed by atoms with E-state index in [1.54, 1.807) is 0 Å². The number of aliphatic hydroxyl groups excluding tert-OH is 1. The zero-order valence-electron chi connectivity index (χ0n) is 13.3. The van der Waals surface area contributed by atoms with Gasteiger partial charge in [0.05, 0.1) is 36.6 Å². The Kier molecular flexibility index (Phi) is 5.25. The molecule has 0 bridgehead atoms. The van der Waals surface area contributed by atoms with E-state index in [0.717, 1.165) is 11.0 Å². The van der Waals surface area contributed by atoms with Crippen molar-refractivity contribution in [3.63, 3.8) is 0 Å². The van der Waals surface area contributed by atoms with Crippen LogP contribution in [0.3, 0.4) is 0 Å². The Bertz CT molecular complexity index is 800. The fourth-order valence-corrected chi connectivity index (χ4v) is 3.11. The molecule has 1 aliphatic heterocycles. The molecule has 0 atom stereocenters. The number of β-amino-alcohol motifs (C(OH)–C–C–N with tert-alkyl or cyclic N) is 1. The van der Waals surface area contributed by atoms with Gasteiger partial charge in [-0.2, -0.15) is 0 Å². The van der Waals surface area contributed by atoms with E-state index in [4.69, 9.17) is 9.84 Å². The van der Waals surface area contributed by atoms with Gasteiger partial charge in [0.15, 0.2) is 9.84 Å². The molecule has 0 aromatic heterocycles. The van der Waals surface area contributed by atoms with Crippen molar-refractivity contribution in [3.8, 4) is 5.75 Å². The molecular weight excluding hydrogens is 336 g/mol. The van der Waals surface area contributed by atoms with Gasteiger partial charge in [0, 0.05) is 6.08 Å². The Hall–Kier alpha value is -2.39. The fourth-order valence-electron chi connectivity index (χ4n) is 2.20. The molecule has 1 aromatic rings. The summed E-state index contributed by atoms with van der Waals surface area (Å²) in [7, 11) is -2.03. The number of carbonyl (C=O) groups is 2. The van der Waals surface area contributed by atoms with Crippen LogP contribution in [0, 0.1) is 0 Å². The molecule has 0 saturated carbocycles. The van der Waals surface area contributed by atoms with Crippen LogP contribution in [0.15, 0.2) is 34.9 Å². The zero-order valence-corrected chi connectivity index (χ0v) is 14.1. The lowest BCUT2D eigenvalue weighted by molar-refractivity contribution is -0.137. The van der Waals surface area contributed by atoms with Crippen molar-refractivity contribution < 1.29 is 27.9 Å². The third kappa shape index (κ3) is 3.41. The van der Waals surface area contributed by atoms with E-state index in [2.05, 4.69) is 5.32 Å². The summed E-state index contributed by atoms with van der Waals surface area (Å²) in [6, 6.07) is 4.24. The highest BCUT2D eigenvalue weighted by Crippen LogP contribution is 2.30. The second-order valence-corrected chi connectivity index (χ2v) is 7.25. The number of nitrogens with one attached hydrogen (secondary N) is 1. The highest BCUT2D eigenvalue weighted by molar-refractivity contribution is 7.91. The largest absolute Gasteiger partial charge is 0.495 e. The first-order valence-corrected chi connectivity index (χ1v) is 8.85. The highest BCUT2D eigenvalue weighted by atomic mass is 32.2. The van der Waals surface area contributed by atoms with Crippen molar-refractivity contribution in [2.75, 3.05) is 31.3 Å². The number of sulfone groups is 1. The monoisotopic (exact) mass is 354 g/mol. The van der Waals surface area contributed by atoms with E-state index in [1.807, 2.05) is 0 Å². The molecule has 0 radical (unpaired) electrons. The first-order chi connectivity index (χ1) is 11.3. The molecule has 1 aromatic carbocycles. The van der Waals surface area contributed by atoms with Crippen molar-refractivity contribution in [1.82, 2.24) is 4.90 Å². The molecule has 1 aliphatic rings. The van der Waals surface area contributed by atoms with E-state index in [0.29, 0.717) is 5.75 Å². The maximum absolute atomic E-state index is 12.2. The average Bonchev–Trinajstić information content (AvgIpc) is 2.82. The lowest BCUT2D eigenvalue weighted by Crippen LogP contribution is -2.34. The Morgan fingerprint density at radius 3 is 2.58 bits per heavy atom. The number of carbonyl (C=O) groups excluding carboxylic acids is 2. The molecule has 2 amide bonds. The van der Waals surface area contributed by atoms with Crippen molar-refractivity contribution in [2.24, 2.45) is 0 Å². The number of rotatable bonds is 7. The first kappa shape index (κ1) is 18.0. The Morgan fingerprint density at radius 1 is 1.29 bits per heavy atom. The van der Waals surface area contributed by atoms with Gasteiger partial charge in [-0.25, -0.2) is 8.42 Å². The molecule has 9 heteroatoms. The average molecular weight is 354 g/mol. The molecule has 0 saturated heterocycles. The van der Waals surface area contributed by atoms with Crippen LogP contribution in [0.4, 0.5) is 5.69 Å². The molecule has 1 heterocycles. The van der Waals surface area contributed by atoms with Crippen molar-refractivity contribution in [3.05, 3.63) is 30.0 Å². The normalized spacial score (nSPS) is 14.8. The third-order valence-corrected chi connectivity index (χ3v) is 5.24. The molecule has 24 heavy (non-hydrogen) atoms. The van der Waals surface area contributed by atoms with Crippen LogP contribution in [0.25, 0.3) is 0 Å². The van der Waals surface area contributed by atoms with E-state index < -0.39 is 21.7 Å². The smallest absolute Gasteiger partial charge is 0.277 e. The summed E-state index contributed by atoms with van der Waals surface area (Å²) in [5, 5.41) is 11.6. The van der Waals surface area contributed by atoms with Gasteiger partial charge in [-0.05, 0) is 18.2 Å². The number of methoxy groups -OCH3 is 1. The molecule has 8 nitrogen and oxygen atoms in total. The predicted octanol–water partition coefficient (Wildman–Crippen LogP) is 0.146. The lowest BCUT2D eigenvalue weighted by atomic mass is 10.2. The molecule has 2 N–H and O–H groups in total. The minimum Gasteiger partial charge on any atom is -0.495 e. The SMILES string of the molecule is CCS(=O)(=O)c1ccc(OC)c(NC2=CC(=O)N(CCO)C2=O)c1. The molecule has 0 aliphatic carbocycles. The van der Waals surface area contributed by atoms with Gasteiger partial charge in [0.1, 0.15) is 11.4 Å². The predicted molar refractivity (Wildman–Crippen MR) is 86.2 cm³/mol. The number of anilines is 1. The fraction of sp³-hybridized carbons (Fsp3) is 0.333. The van der Waals surface area contributed by atoms with Crippen molar-refractivity contribution in [1.29, 1.82) is 0 Å². The van der Waals surface area contributed by atoms with Crippen LogP contribution in [-0.2, 0) is 19.4 Å². The van der Waals surface area contributed by atoms with E-state index >= 15 is 0 Å². The first-order valence-electron chi connectivity index (χ1n) is 7.20. The third-order valence-electron chi connectivity index (χ3n) is 3.51. The number of nitrogens with zero attached hydrogens (tertiary/aromatic N) is 1. The van der Waals surface area contributed by atoms with Crippen LogP contribution in [0.1, 0.15) is 6.92 Å². The Balaban J connectivity index is 2.36. The summed E-state index contributed by atoms with van der Waals surface area (Å²) >= 11 is 0. The quantitative estimate of drug-likeness (QED) is 0.670. The summed E-state index contributed by atoms with van der Waals surface area (Å²) in [5.74, 6) is -0.886. The van der Waals surface area contributed by atoms with Crippen LogP contribution >= 0.6 is 0 Å². The Morgan fingerprint density at radius 2 is 2.00 bits per heavy atom. The minimum absolute atomic E-state index is 0.0159. The van der Waals surface area contributed by atoms with Crippen LogP contribution < -0.4 is 10.1 Å². The molecule has 0 spiro atoms. The topological polar surface area (TPSA) is 113 Å². The number of hydrogen-bond donors (Lipinski definition) is 2. The molecule has 0 unspecified atom stereocenters. The van der Waals surface area contributed by atoms with Crippen LogP contribution in [0.2, 0.25) is 0 Å². The van der Waals surface area contributed by atoms with Crippen LogP contribution in [-0.4, -0.2) is 56.3 Å². The van der Waals surface area contributed by atoms with Crippen molar-refractivity contribution >= 4 is 27.3 Å². The second kappa shape index (κ2) is 7.02. The number of hydrogen-bond acceptors (Lipinski definition) is 7. The van der Waals surface area contributed by atoms with E-state index in [-0.39, 0.29) is 35.2 Å². The van der Waals surface area contributed by atoms with E-state index in [9.17, 15) is 18.0 Å².